The van der Waals surface area contributed by atoms with Crippen LogP contribution >= 0.6 is 0 Å². The fourth-order valence-electron chi connectivity index (χ4n) is 1.80. The number of nitrogens with one attached hydrogen (secondary N) is 1. The van der Waals surface area contributed by atoms with Crippen LogP contribution in [0, 0.1) is 0 Å². The molecule has 0 unspecified atom stereocenters. The Bertz CT molecular complexity index is 466. The Morgan fingerprint density at radius 1 is 1.17 bits per heavy atom. The van der Waals surface area contributed by atoms with Crippen LogP contribution < -0.4 is 15.8 Å². The van der Waals surface area contributed by atoms with Crippen LogP contribution in [0.2, 0.25) is 0 Å². The van der Waals surface area contributed by atoms with Gasteiger partial charge < -0.3 is 15.8 Å². The monoisotopic (exact) mass is 243 g/mol. The van der Waals surface area contributed by atoms with Crippen molar-refractivity contribution < 1.29 is 4.74 Å². The van der Waals surface area contributed by atoms with Crippen molar-refractivity contribution in [2.75, 3.05) is 12.4 Å². The highest BCUT2D eigenvalue weighted by Gasteiger charge is 2.04. The Labute approximate surface area is 107 Å². The number of ether oxygens (including phenoxy) is 1. The van der Waals surface area contributed by atoms with Gasteiger partial charge in [-0.2, -0.15) is 0 Å². The molecule has 0 aliphatic heterocycles. The van der Waals surface area contributed by atoms with Crippen LogP contribution in [-0.4, -0.2) is 12.1 Å². The zero-order chi connectivity index (χ0) is 12.8. The second kappa shape index (κ2) is 6.02. The predicted molar refractivity (Wildman–Crippen MR) is 72.4 cm³/mol. The first-order valence-corrected chi connectivity index (χ1v) is 5.85. The molecule has 0 atom stereocenters. The molecule has 4 nitrogen and oxygen atoms in total. The number of nitrogens with two attached hydrogens (primary N) is 1. The van der Waals surface area contributed by atoms with E-state index in [0.29, 0.717) is 13.1 Å². The van der Waals surface area contributed by atoms with Crippen molar-refractivity contribution in [1.29, 1.82) is 0 Å². The lowest BCUT2D eigenvalue weighted by Crippen LogP contribution is -2.07. The molecule has 1 aromatic carbocycles. The highest BCUT2D eigenvalue weighted by Crippen LogP contribution is 2.21. The summed E-state index contributed by atoms with van der Waals surface area (Å²) >= 11 is 0. The lowest BCUT2D eigenvalue weighted by Gasteiger charge is -2.11. The molecule has 0 amide bonds. The molecule has 0 fully saturated rings. The van der Waals surface area contributed by atoms with Crippen molar-refractivity contribution in [2.45, 2.75) is 13.1 Å². The van der Waals surface area contributed by atoms with Crippen LogP contribution in [0.15, 0.2) is 42.6 Å². The van der Waals surface area contributed by atoms with Gasteiger partial charge in [-0.3, -0.25) is 0 Å². The molecule has 0 aliphatic rings. The Kier molecular flexibility index (Phi) is 4.15. The number of nitrogens with zero attached hydrogens (tertiary/aromatic N) is 1. The van der Waals surface area contributed by atoms with Gasteiger partial charge in [-0.15, -0.1) is 0 Å². The normalized spacial score (nSPS) is 10.1. The zero-order valence-corrected chi connectivity index (χ0v) is 10.4. The van der Waals surface area contributed by atoms with Crippen molar-refractivity contribution in [1.82, 2.24) is 4.98 Å². The molecule has 0 saturated carbocycles. The molecule has 0 radical (unpaired) electrons. The summed E-state index contributed by atoms with van der Waals surface area (Å²) in [6.45, 7) is 1.22. The number of anilines is 1. The molecule has 3 N–H and O–H groups in total. The third kappa shape index (κ3) is 2.78. The van der Waals surface area contributed by atoms with Crippen molar-refractivity contribution in [3.63, 3.8) is 0 Å². The molecule has 1 heterocycles. The molecule has 0 bridgehead atoms. The number of benzene rings is 1. The van der Waals surface area contributed by atoms with Crippen LogP contribution in [-0.2, 0) is 13.1 Å². The van der Waals surface area contributed by atoms with Crippen molar-refractivity contribution in [3.8, 4) is 5.75 Å². The molecule has 1 aromatic heterocycles. The maximum Gasteiger partial charge on any atom is 0.168 e. The van der Waals surface area contributed by atoms with E-state index in [0.717, 1.165) is 17.1 Å². The van der Waals surface area contributed by atoms with Crippen LogP contribution in [0.25, 0.3) is 0 Å². The van der Waals surface area contributed by atoms with E-state index in [4.69, 9.17) is 10.5 Å². The maximum atomic E-state index is 5.71. The minimum Gasteiger partial charge on any atom is -0.493 e. The van der Waals surface area contributed by atoms with Crippen molar-refractivity contribution in [2.24, 2.45) is 5.73 Å². The quantitative estimate of drug-likeness (QED) is 0.844. The summed E-state index contributed by atoms with van der Waals surface area (Å²) in [5.41, 5.74) is 8.02. The number of hydrogen-bond acceptors (Lipinski definition) is 4. The summed E-state index contributed by atoms with van der Waals surface area (Å²) in [6.07, 6.45) is 1.74. The molecular formula is C14H17N3O. The third-order valence-corrected chi connectivity index (χ3v) is 2.78. The predicted octanol–water partition coefficient (Wildman–Crippen LogP) is 2.16. The molecule has 0 aliphatic carbocycles. The smallest absolute Gasteiger partial charge is 0.168 e. The van der Waals surface area contributed by atoms with Gasteiger partial charge in [0.1, 0.15) is 0 Å². The number of rotatable bonds is 5. The van der Waals surface area contributed by atoms with Crippen LogP contribution in [0.5, 0.6) is 5.75 Å². The second-order valence-corrected chi connectivity index (χ2v) is 3.88. The molecule has 0 spiro atoms. The van der Waals surface area contributed by atoms with E-state index in [1.807, 2.05) is 30.3 Å². The van der Waals surface area contributed by atoms with Gasteiger partial charge in [-0.05, 0) is 23.3 Å². The van der Waals surface area contributed by atoms with Crippen molar-refractivity contribution >= 4 is 5.82 Å². The molecule has 4 heteroatoms. The molecular weight excluding hydrogens is 226 g/mol. The third-order valence-electron chi connectivity index (χ3n) is 2.78. The topological polar surface area (TPSA) is 60.2 Å². The van der Waals surface area contributed by atoms with E-state index in [1.165, 1.54) is 5.56 Å². The van der Waals surface area contributed by atoms with Gasteiger partial charge >= 0.3 is 0 Å². The molecule has 2 aromatic rings. The zero-order valence-electron chi connectivity index (χ0n) is 10.4. The average Bonchev–Trinajstić information content (AvgIpc) is 2.45. The van der Waals surface area contributed by atoms with Gasteiger partial charge in [-0.1, -0.05) is 24.3 Å². The SMILES string of the molecule is COc1cccnc1NCc1ccccc1CN. The minimum atomic E-state index is 0.539. The first-order valence-electron chi connectivity index (χ1n) is 5.85. The first-order chi connectivity index (χ1) is 8.85. The van der Waals surface area contributed by atoms with Crippen LogP contribution in [0.1, 0.15) is 11.1 Å². The van der Waals surface area contributed by atoms with E-state index < -0.39 is 0 Å². The van der Waals surface area contributed by atoms with Gasteiger partial charge in [0.05, 0.1) is 7.11 Å². The number of hydrogen-bond donors (Lipinski definition) is 2. The first kappa shape index (κ1) is 12.4. The van der Waals surface area contributed by atoms with Gasteiger partial charge in [-0.25, -0.2) is 4.98 Å². The highest BCUT2D eigenvalue weighted by atomic mass is 16.5. The van der Waals surface area contributed by atoms with Crippen LogP contribution in [0.3, 0.4) is 0 Å². The molecule has 18 heavy (non-hydrogen) atoms. The van der Waals surface area contributed by atoms with Gasteiger partial charge in [0, 0.05) is 19.3 Å². The Morgan fingerprint density at radius 2 is 1.94 bits per heavy atom. The Morgan fingerprint density at radius 3 is 2.67 bits per heavy atom. The summed E-state index contributed by atoms with van der Waals surface area (Å²) in [7, 11) is 1.63. The van der Waals surface area contributed by atoms with E-state index in [9.17, 15) is 0 Å². The Hall–Kier alpha value is -2.07. The summed E-state index contributed by atoms with van der Waals surface area (Å²) in [6, 6.07) is 11.8. The standard InChI is InChI=1S/C14H17N3O/c1-18-13-7-4-8-16-14(13)17-10-12-6-3-2-5-11(12)9-15/h2-8H,9-10,15H2,1H3,(H,16,17). The van der Waals surface area contributed by atoms with E-state index in [1.54, 1.807) is 13.3 Å². The second-order valence-electron chi connectivity index (χ2n) is 3.88. The van der Waals surface area contributed by atoms with Crippen LogP contribution in [0.4, 0.5) is 5.82 Å². The lowest BCUT2D eigenvalue weighted by atomic mass is 10.1. The van der Waals surface area contributed by atoms with E-state index >= 15 is 0 Å². The molecule has 0 saturated heterocycles. The van der Waals surface area contributed by atoms with Gasteiger partial charge in [0.2, 0.25) is 0 Å². The highest BCUT2D eigenvalue weighted by molar-refractivity contribution is 5.50. The number of aromatic nitrogens is 1. The van der Waals surface area contributed by atoms with Gasteiger partial charge in [0.25, 0.3) is 0 Å². The summed E-state index contributed by atoms with van der Waals surface area (Å²) in [5, 5.41) is 3.26. The molecule has 2 rings (SSSR count). The summed E-state index contributed by atoms with van der Waals surface area (Å²) < 4.78 is 5.24. The molecule has 94 valence electrons. The fourth-order valence-corrected chi connectivity index (χ4v) is 1.80. The summed E-state index contributed by atoms with van der Waals surface area (Å²) in [4.78, 5) is 4.25. The lowest BCUT2D eigenvalue weighted by molar-refractivity contribution is 0.415. The largest absolute Gasteiger partial charge is 0.493 e. The van der Waals surface area contributed by atoms with E-state index in [2.05, 4.69) is 16.4 Å². The minimum absolute atomic E-state index is 0.539. The average molecular weight is 243 g/mol. The number of pyridine rings is 1. The maximum absolute atomic E-state index is 5.71. The Balaban J connectivity index is 2.11. The van der Waals surface area contributed by atoms with Crippen molar-refractivity contribution in [3.05, 3.63) is 53.7 Å². The summed E-state index contributed by atoms with van der Waals surface area (Å²) in [5.74, 6) is 1.48. The van der Waals surface area contributed by atoms with Gasteiger partial charge in [0.15, 0.2) is 11.6 Å². The number of methoxy groups -OCH3 is 1. The fraction of sp³-hybridized carbons (Fsp3) is 0.214. The van der Waals surface area contributed by atoms with E-state index in [-0.39, 0.29) is 0 Å².